The van der Waals surface area contributed by atoms with Crippen LogP contribution in [0.25, 0.3) is 11.2 Å². The topological polar surface area (TPSA) is 104 Å². The van der Waals surface area contributed by atoms with E-state index in [1.807, 2.05) is 50.5 Å². The Bertz CT molecular complexity index is 1870. The van der Waals surface area contributed by atoms with Crippen LogP contribution in [0.3, 0.4) is 0 Å². The molecule has 1 saturated heterocycles. The number of aromatic nitrogens is 4. The lowest BCUT2D eigenvalue weighted by Gasteiger charge is -2.46. The van der Waals surface area contributed by atoms with Gasteiger partial charge in [0.1, 0.15) is 11.7 Å². The largest absolute Gasteiger partial charge is 0.407 e. The van der Waals surface area contributed by atoms with Crippen LogP contribution in [0.4, 0.5) is 16.2 Å². The number of alkyl halides is 1. The van der Waals surface area contributed by atoms with Crippen molar-refractivity contribution in [3.63, 3.8) is 0 Å². The SMILES string of the molecule is C=C[C@]1(CO[Si](c2ccccc2)(c2ccccc2)C(C)(C)C)O[C@@H](n2cnc3c(N(C)C)nc(NC(=O)C(C)C)nc32)[C@H](F)[C@@H]1O[Si](C)(C)C(C)(C)C. The number of imidazole rings is 1. The van der Waals surface area contributed by atoms with Crippen molar-refractivity contribution in [1.82, 2.24) is 19.5 Å². The number of nitrogens with one attached hydrogen (secondary N) is 1. The van der Waals surface area contributed by atoms with E-state index >= 15 is 4.39 Å². The number of ether oxygens (including phenoxy) is 1. The van der Waals surface area contributed by atoms with E-state index in [2.05, 4.69) is 101 Å². The van der Waals surface area contributed by atoms with Crippen LogP contribution < -0.4 is 20.6 Å². The highest BCUT2D eigenvalue weighted by Gasteiger charge is 2.61. The van der Waals surface area contributed by atoms with Crippen LogP contribution in [0.1, 0.15) is 61.6 Å². The van der Waals surface area contributed by atoms with E-state index in [0.29, 0.717) is 17.0 Å². The Kier molecular flexibility index (Phi) is 11.3. The molecule has 0 spiro atoms. The number of carbonyl (C=O) groups is 1. The zero-order valence-electron chi connectivity index (χ0n) is 33.4. The molecule has 0 radical (unpaired) electrons. The molecule has 1 N–H and O–H groups in total. The van der Waals surface area contributed by atoms with Crippen molar-refractivity contribution in [2.45, 2.75) is 103 Å². The number of halogens is 1. The predicted molar refractivity (Wildman–Crippen MR) is 217 cm³/mol. The summed E-state index contributed by atoms with van der Waals surface area (Å²) in [6.07, 6.45) is -0.786. The van der Waals surface area contributed by atoms with Crippen molar-refractivity contribution in [3.8, 4) is 0 Å². The van der Waals surface area contributed by atoms with Gasteiger partial charge in [0.25, 0.3) is 8.32 Å². The fourth-order valence-corrected chi connectivity index (χ4v) is 12.6. The third kappa shape index (κ3) is 7.51. The highest BCUT2D eigenvalue weighted by molar-refractivity contribution is 6.99. The maximum atomic E-state index is 17.6. The average molecular weight is 761 g/mol. The van der Waals surface area contributed by atoms with Crippen LogP contribution in [0.15, 0.2) is 79.6 Å². The molecule has 0 unspecified atom stereocenters. The van der Waals surface area contributed by atoms with Gasteiger partial charge in [0.15, 0.2) is 37.7 Å². The monoisotopic (exact) mass is 760 g/mol. The maximum absolute atomic E-state index is 17.6. The number of nitrogens with zero attached hydrogens (tertiary/aromatic N) is 5. The summed E-state index contributed by atoms with van der Waals surface area (Å²) in [6.45, 7) is 25.0. The fraction of sp³-hybridized carbons (Fsp3) is 0.500. The Morgan fingerprint density at radius 2 is 1.58 bits per heavy atom. The molecule has 2 aromatic heterocycles. The van der Waals surface area contributed by atoms with Crippen molar-refractivity contribution in [1.29, 1.82) is 0 Å². The number of anilines is 2. The fourth-order valence-electron chi connectivity index (χ4n) is 6.68. The van der Waals surface area contributed by atoms with E-state index < -0.39 is 40.7 Å². The molecule has 4 atom stereocenters. The lowest BCUT2D eigenvalue weighted by molar-refractivity contribution is -0.118. The first kappa shape index (κ1) is 40.4. The smallest absolute Gasteiger partial charge is 0.261 e. The van der Waals surface area contributed by atoms with Gasteiger partial charge >= 0.3 is 0 Å². The van der Waals surface area contributed by atoms with Gasteiger partial charge in [0, 0.05) is 20.0 Å². The third-order valence-electron chi connectivity index (χ3n) is 10.7. The molecule has 13 heteroatoms. The van der Waals surface area contributed by atoms with E-state index in [9.17, 15) is 4.79 Å². The van der Waals surface area contributed by atoms with E-state index in [1.165, 1.54) is 6.33 Å². The molecule has 10 nitrogen and oxygen atoms in total. The minimum atomic E-state index is -3.09. The lowest BCUT2D eigenvalue weighted by Crippen LogP contribution is -2.68. The first-order valence-electron chi connectivity index (χ1n) is 18.3. The normalized spacial score (nSPS) is 21.3. The van der Waals surface area contributed by atoms with Crippen molar-refractivity contribution < 1.29 is 22.8 Å². The van der Waals surface area contributed by atoms with Crippen molar-refractivity contribution in [2.75, 3.05) is 30.9 Å². The van der Waals surface area contributed by atoms with Gasteiger partial charge in [-0.05, 0) is 33.5 Å². The summed E-state index contributed by atoms with van der Waals surface area (Å²) >= 11 is 0. The van der Waals surface area contributed by atoms with Crippen LogP contribution in [0, 0.1) is 5.92 Å². The number of fused-ring (bicyclic) bond motifs is 1. The van der Waals surface area contributed by atoms with Crippen LogP contribution >= 0.6 is 0 Å². The van der Waals surface area contributed by atoms with Gasteiger partial charge < -0.3 is 18.5 Å². The van der Waals surface area contributed by atoms with Gasteiger partial charge in [-0.2, -0.15) is 9.97 Å². The van der Waals surface area contributed by atoms with Gasteiger partial charge in [-0.15, -0.1) is 6.58 Å². The predicted octanol–water partition coefficient (Wildman–Crippen LogP) is 7.25. The molecule has 1 aliphatic rings. The Hall–Kier alpha value is -3.76. The highest BCUT2D eigenvalue weighted by Crippen LogP contribution is 2.48. The number of hydrogen-bond donors (Lipinski definition) is 1. The van der Waals surface area contributed by atoms with Gasteiger partial charge in [-0.1, -0.05) is 122 Å². The standard InChI is InChI=1S/C40H57FN6O4Si2/c1-14-40(25-49-53(39(7,8)9,28-21-17-15-18-22-28)29-23-19-16-20-24-29)32(51-52(12,13)38(4,5)6)30(41)36(50-40)47-26-42-31-33(46(10)11)43-37(44-34(31)47)45-35(48)27(2)3/h14-24,26-27,30,32,36H,1,25H2,2-13H3,(H,43,44,45,48)/t30-,32+,36-,40-/m1/s1. The highest BCUT2D eigenvalue weighted by atomic mass is 28.4. The summed E-state index contributed by atoms with van der Waals surface area (Å²) in [5.41, 5.74) is -0.654. The Morgan fingerprint density at radius 1 is 1.02 bits per heavy atom. The quantitative estimate of drug-likeness (QED) is 0.119. The lowest BCUT2D eigenvalue weighted by atomic mass is 9.97. The summed E-state index contributed by atoms with van der Waals surface area (Å²) in [6, 6.07) is 20.6. The summed E-state index contributed by atoms with van der Waals surface area (Å²) in [5, 5.41) is 4.42. The van der Waals surface area contributed by atoms with Gasteiger partial charge in [0.2, 0.25) is 11.9 Å². The number of amides is 1. The van der Waals surface area contributed by atoms with Crippen LogP contribution in [0.5, 0.6) is 0 Å². The average Bonchev–Trinajstić information content (AvgIpc) is 3.62. The molecule has 0 saturated carbocycles. The van der Waals surface area contributed by atoms with E-state index in [1.54, 1.807) is 29.4 Å². The number of benzene rings is 2. The number of rotatable bonds is 12. The molecule has 0 aliphatic carbocycles. The third-order valence-corrected chi connectivity index (χ3v) is 20.2. The molecule has 2 aromatic carbocycles. The molecular weight excluding hydrogens is 704 g/mol. The number of hydrogen-bond acceptors (Lipinski definition) is 8. The Morgan fingerprint density at radius 3 is 2.06 bits per heavy atom. The van der Waals surface area contributed by atoms with Crippen LogP contribution in [0.2, 0.25) is 23.2 Å². The van der Waals surface area contributed by atoms with Gasteiger partial charge in [0.05, 0.1) is 12.9 Å². The molecule has 53 heavy (non-hydrogen) atoms. The van der Waals surface area contributed by atoms with Crippen molar-refractivity contribution in [2.24, 2.45) is 5.92 Å². The minimum absolute atomic E-state index is 0.0136. The summed E-state index contributed by atoms with van der Waals surface area (Å²) in [5.74, 6) is 0.0244. The summed E-state index contributed by atoms with van der Waals surface area (Å²) < 4.78 is 40.6. The molecule has 5 rings (SSSR count). The summed E-state index contributed by atoms with van der Waals surface area (Å²) in [4.78, 5) is 28.4. The number of carbonyl (C=O) groups excluding carboxylic acids is 1. The molecule has 286 valence electrons. The Balaban J connectivity index is 1.68. The van der Waals surface area contributed by atoms with Crippen molar-refractivity contribution >= 4 is 55.8 Å². The van der Waals surface area contributed by atoms with E-state index in [-0.39, 0.29) is 34.5 Å². The van der Waals surface area contributed by atoms with Crippen molar-refractivity contribution in [3.05, 3.63) is 79.6 Å². The molecule has 4 aromatic rings. The first-order chi connectivity index (χ1) is 24.7. The summed E-state index contributed by atoms with van der Waals surface area (Å²) in [7, 11) is -2.04. The van der Waals surface area contributed by atoms with E-state index in [0.717, 1.165) is 10.4 Å². The second-order valence-electron chi connectivity index (χ2n) is 17.1. The minimum Gasteiger partial charge on any atom is -0.407 e. The maximum Gasteiger partial charge on any atom is 0.261 e. The van der Waals surface area contributed by atoms with Gasteiger partial charge in [-0.3, -0.25) is 14.7 Å². The second-order valence-corrected chi connectivity index (χ2v) is 26.2. The molecule has 1 amide bonds. The van der Waals surface area contributed by atoms with Crippen LogP contribution in [-0.2, 0) is 18.4 Å². The molecule has 1 fully saturated rings. The molecule has 1 aliphatic heterocycles. The second kappa shape index (κ2) is 14.8. The zero-order chi connectivity index (χ0) is 39.1. The van der Waals surface area contributed by atoms with E-state index in [4.69, 9.17) is 18.6 Å². The molecule has 0 bridgehead atoms. The zero-order valence-corrected chi connectivity index (χ0v) is 35.4. The van der Waals surface area contributed by atoms with Gasteiger partial charge in [-0.25, -0.2) is 9.37 Å². The molecule has 3 heterocycles. The first-order valence-corrected chi connectivity index (χ1v) is 23.1. The molecular formula is C40H57FN6O4Si2. The Labute approximate surface area is 316 Å². The van der Waals surface area contributed by atoms with Crippen LogP contribution in [-0.4, -0.2) is 80.6 Å².